The Morgan fingerprint density at radius 1 is 1.11 bits per heavy atom. The zero-order chi connectivity index (χ0) is 26.2. The number of aliphatic hydroxyl groups is 1. The Kier molecular flexibility index (Phi) is 10.6. The van der Waals surface area contributed by atoms with Crippen molar-refractivity contribution in [3.05, 3.63) is 52.1 Å². The Bertz CT molecular complexity index is 942. The lowest BCUT2D eigenvalue weighted by atomic mass is 9.84. The number of nitrogens with one attached hydrogen (secondary N) is 1. The van der Waals surface area contributed by atoms with Crippen molar-refractivity contribution in [2.24, 2.45) is 0 Å². The van der Waals surface area contributed by atoms with E-state index in [9.17, 15) is 14.7 Å². The lowest BCUT2D eigenvalue weighted by Gasteiger charge is -2.31. The molecule has 1 aromatic carbocycles. The molecule has 2 amide bonds. The van der Waals surface area contributed by atoms with Crippen LogP contribution in [0, 0.1) is 0 Å². The average molecular weight is 485 g/mol. The number of aliphatic hydroxyl groups excluding tert-OH is 1. The third-order valence-electron chi connectivity index (χ3n) is 6.51. The maximum Gasteiger partial charge on any atom is 0.407 e. The van der Waals surface area contributed by atoms with E-state index in [0.717, 1.165) is 19.3 Å². The Balaban J connectivity index is 2.06. The number of allylic oxidation sites excluding steroid dienone is 3. The summed E-state index contributed by atoms with van der Waals surface area (Å²) in [4.78, 5) is 26.8. The fourth-order valence-corrected chi connectivity index (χ4v) is 4.40. The van der Waals surface area contributed by atoms with Gasteiger partial charge in [0.15, 0.2) is 0 Å². The lowest BCUT2D eigenvalue weighted by Crippen LogP contribution is -2.42. The third kappa shape index (κ3) is 8.53. The number of hydrogen-bond acceptors (Lipinski definition) is 4. The van der Waals surface area contributed by atoms with E-state index in [1.807, 2.05) is 4.90 Å². The average Bonchev–Trinajstić information content (AvgIpc) is 2.81. The van der Waals surface area contributed by atoms with Crippen LogP contribution in [0.5, 0.6) is 0 Å². The zero-order valence-corrected chi connectivity index (χ0v) is 22.7. The number of aryl methyl sites for hydroxylation is 1. The highest BCUT2D eigenvalue weighted by molar-refractivity contribution is 5.84. The molecule has 0 aromatic heterocycles. The first-order valence-electron chi connectivity index (χ1n) is 12.8. The van der Waals surface area contributed by atoms with Gasteiger partial charge >= 0.3 is 6.09 Å². The molecule has 0 unspecified atom stereocenters. The first kappa shape index (κ1) is 28.6. The third-order valence-corrected chi connectivity index (χ3v) is 6.51. The molecule has 194 valence electrons. The minimum atomic E-state index is -0.612. The van der Waals surface area contributed by atoms with E-state index in [2.05, 4.69) is 57.3 Å². The minimum absolute atomic E-state index is 0.0583. The van der Waals surface area contributed by atoms with Gasteiger partial charge in [0.25, 0.3) is 0 Å². The highest BCUT2D eigenvalue weighted by Crippen LogP contribution is 2.35. The van der Waals surface area contributed by atoms with Crippen LogP contribution in [0.3, 0.4) is 0 Å². The van der Waals surface area contributed by atoms with Crippen molar-refractivity contribution in [2.75, 3.05) is 19.7 Å². The summed E-state index contributed by atoms with van der Waals surface area (Å²) in [5.41, 5.74) is 7.43. The van der Waals surface area contributed by atoms with Crippen LogP contribution in [0.1, 0.15) is 85.3 Å². The second-order valence-corrected chi connectivity index (χ2v) is 10.6. The van der Waals surface area contributed by atoms with Crippen molar-refractivity contribution in [1.29, 1.82) is 0 Å². The van der Waals surface area contributed by atoms with Gasteiger partial charge in [-0.1, -0.05) is 42.3 Å². The SMILES string of the molecule is CCc1ccccc1C(=C1CCN(C(=O)CC[C@H](CO)NC(=O)OC(C)(C)C)CC1)C(C)=C(C)C. The first-order valence-corrected chi connectivity index (χ1v) is 12.8. The van der Waals surface area contributed by atoms with E-state index < -0.39 is 17.7 Å². The number of carbonyl (C=O) groups is 2. The molecule has 0 radical (unpaired) electrons. The number of carbonyl (C=O) groups excluding carboxylic acids is 2. The number of rotatable bonds is 8. The van der Waals surface area contributed by atoms with Crippen LogP contribution < -0.4 is 5.32 Å². The molecule has 0 aliphatic carbocycles. The number of piperidine rings is 1. The van der Waals surface area contributed by atoms with Gasteiger partial charge < -0.3 is 20.1 Å². The maximum absolute atomic E-state index is 12.9. The van der Waals surface area contributed by atoms with Crippen LogP contribution in [0.4, 0.5) is 4.79 Å². The lowest BCUT2D eigenvalue weighted by molar-refractivity contribution is -0.131. The van der Waals surface area contributed by atoms with Crippen molar-refractivity contribution in [3.63, 3.8) is 0 Å². The predicted octanol–water partition coefficient (Wildman–Crippen LogP) is 5.65. The summed E-state index contributed by atoms with van der Waals surface area (Å²) in [7, 11) is 0. The van der Waals surface area contributed by atoms with E-state index >= 15 is 0 Å². The van der Waals surface area contributed by atoms with Gasteiger partial charge in [-0.2, -0.15) is 0 Å². The van der Waals surface area contributed by atoms with Gasteiger partial charge in [0.05, 0.1) is 12.6 Å². The van der Waals surface area contributed by atoms with Crippen molar-refractivity contribution in [3.8, 4) is 0 Å². The molecule has 1 heterocycles. The number of amides is 2. The van der Waals surface area contributed by atoms with Gasteiger partial charge in [-0.15, -0.1) is 0 Å². The number of benzene rings is 1. The molecular formula is C29H44N2O4. The van der Waals surface area contributed by atoms with Crippen molar-refractivity contribution < 1.29 is 19.4 Å². The number of alkyl carbamates (subject to hydrolysis) is 1. The Hall–Kier alpha value is -2.60. The van der Waals surface area contributed by atoms with Gasteiger partial charge in [-0.25, -0.2) is 4.79 Å². The van der Waals surface area contributed by atoms with E-state index in [4.69, 9.17) is 4.74 Å². The van der Waals surface area contributed by atoms with Crippen LogP contribution in [-0.2, 0) is 16.0 Å². The second kappa shape index (κ2) is 12.9. The van der Waals surface area contributed by atoms with Crippen LogP contribution in [0.25, 0.3) is 5.57 Å². The molecule has 1 aromatic rings. The topological polar surface area (TPSA) is 78.9 Å². The minimum Gasteiger partial charge on any atom is -0.444 e. The summed E-state index contributed by atoms with van der Waals surface area (Å²) in [6.07, 6.45) is 2.76. The van der Waals surface area contributed by atoms with Gasteiger partial charge in [-0.3, -0.25) is 4.79 Å². The summed E-state index contributed by atoms with van der Waals surface area (Å²) >= 11 is 0. The van der Waals surface area contributed by atoms with Gasteiger partial charge in [-0.05, 0) is 89.5 Å². The normalized spacial score (nSPS) is 14.9. The fraction of sp³-hybridized carbons (Fsp3) is 0.586. The smallest absolute Gasteiger partial charge is 0.407 e. The molecule has 35 heavy (non-hydrogen) atoms. The number of nitrogens with zero attached hydrogens (tertiary/aromatic N) is 1. The molecule has 1 fully saturated rings. The molecule has 6 nitrogen and oxygen atoms in total. The molecule has 1 saturated heterocycles. The van der Waals surface area contributed by atoms with Crippen molar-refractivity contribution in [2.45, 2.75) is 92.2 Å². The van der Waals surface area contributed by atoms with E-state index in [0.29, 0.717) is 19.5 Å². The largest absolute Gasteiger partial charge is 0.444 e. The Morgan fingerprint density at radius 2 is 1.74 bits per heavy atom. The Morgan fingerprint density at radius 3 is 2.29 bits per heavy atom. The maximum atomic E-state index is 12.9. The first-order chi connectivity index (χ1) is 16.5. The fourth-order valence-electron chi connectivity index (χ4n) is 4.40. The number of likely N-dealkylation sites (tertiary alicyclic amines) is 1. The molecule has 1 aliphatic heterocycles. The summed E-state index contributed by atoms with van der Waals surface area (Å²) in [6.45, 7) is 15.2. The van der Waals surface area contributed by atoms with Crippen molar-refractivity contribution >= 4 is 17.6 Å². The molecular weight excluding hydrogens is 440 g/mol. The molecule has 0 bridgehead atoms. The van der Waals surface area contributed by atoms with E-state index in [-0.39, 0.29) is 18.9 Å². The van der Waals surface area contributed by atoms with E-state index in [1.54, 1.807) is 20.8 Å². The summed E-state index contributed by atoms with van der Waals surface area (Å²) in [5, 5.41) is 12.3. The highest BCUT2D eigenvalue weighted by atomic mass is 16.6. The quantitative estimate of drug-likeness (QED) is 0.500. The zero-order valence-electron chi connectivity index (χ0n) is 22.7. The highest BCUT2D eigenvalue weighted by Gasteiger charge is 2.25. The monoisotopic (exact) mass is 484 g/mol. The van der Waals surface area contributed by atoms with Gasteiger partial charge in [0.2, 0.25) is 5.91 Å². The molecule has 0 spiro atoms. The molecule has 0 saturated carbocycles. The molecule has 6 heteroatoms. The van der Waals surface area contributed by atoms with Crippen LogP contribution in [-0.4, -0.2) is 53.3 Å². The number of hydrogen-bond donors (Lipinski definition) is 2. The van der Waals surface area contributed by atoms with Gasteiger partial charge in [0.1, 0.15) is 5.60 Å². The molecule has 1 atom stereocenters. The number of ether oxygens (including phenoxy) is 1. The van der Waals surface area contributed by atoms with E-state index in [1.165, 1.54) is 33.4 Å². The van der Waals surface area contributed by atoms with Crippen LogP contribution >= 0.6 is 0 Å². The van der Waals surface area contributed by atoms with Crippen molar-refractivity contribution in [1.82, 2.24) is 10.2 Å². The Labute approximate surface area is 211 Å². The standard InChI is InChI=1S/C29H44N2O4/c1-8-22-11-9-10-12-25(22)27(21(4)20(2)3)23-15-17-31(18-16-23)26(33)14-13-24(19-32)30-28(34)35-29(5,6)7/h9-12,24,32H,8,13-19H2,1-7H3,(H,30,34)/t24-/m1/s1. The molecule has 2 N–H and O–H groups in total. The second-order valence-electron chi connectivity index (χ2n) is 10.6. The summed E-state index contributed by atoms with van der Waals surface area (Å²) in [6, 6.07) is 8.12. The molecule has 2 rings (SSSR count). The van der Waals surface area contributed by atoms with Gasteiger partial charge in [0, 0.05) is 19.5 Å². The van der Waals surface area contributed by atoms with Crippen LogP contribution in [0.2, 0.25) is 0 Å². The summed E-state index contributed by atoms with van der Waals surface area (Å²) in [5.74, 6) is 0.0583. The summed E-state index contributed by atoms with van der Waals surface area (Å²) < 4.78 is 5.25. The van der Waals surface area contributed by atoms with Crippen LogP contribution in [0.15, 0.2) is 41.0 Å². The molecule has 1 aliphatic rings. The predicted molar refractivity (Wildman–Crippen MR) is 142 cm³/mol.